The Morgan fingerprint density at radius 3 is 2.63 bits per heavy atom. The molecular formula is C19H20Cl2N2O4. The van der Waals surface area contributed by atoms with Crippen molar-refractivity contribution >= 4 is 29.1 Å². The Morgan fingerprint density at radius 2 is 1.93 bits per heavy atom. The number of benzene rings is 2. The summed E-state index contributed by atoms with van der Waals surface area (Å²) in [5.74, 6) is 0.781. The lowest BCUT2D eigenvalue weighted by Gasteiger charge is -2.27. The first-order valence-corrected chi connectivity index (χ1v) is 9.21. The van der Waals surface area contributed by atoms with Crippen LogP contribution in [-0.2, 0) is 11.3 Å². The summed E-state index contributed by atoms with van der Waals surface area (Å²) in [4.78, 5) is 12.4. The largest absolute Gasteiger partial charge is 0.493 e. The molecule has 27 heavy (non-hydrogen) atoms. The predicted molar refractivity (Wildman–Crippen MR) is 104 cm³/mol. The zero-order chi connectivity index (χ0) is 19.2. The summed E-state index contributed by atoms with van der Waals surface area (Å²) in [5.41, 5.74) is 4.15. The highest BCUT2D eigenvalue weighted by Gasteiger charge is 2.16. The number of hydrogen-bond acceptors (Lipinski definition) is 5. The molecule has 1 saturated heterocycles. The smallest absolute Gasteiger partial charge is 0.265 e. The molecule has 144 valence electrons. The van der Waals surface area contributed by atoms with Gasteiger partial charge in [-0.1, -0.05) is 29.3 Å². The standard InChI is InChI=1S/C19H20Cl2N2O4/c1-25-18-10-13(19(24)22-23-6-8-26-9-7-23)3-5-17(18)27-12-14-2-4-15(20)11-16(14)21/h2-5,10-11H,6-9,12H2,1H3,(H,22,24). The summed E-state index contributed by atoms with van der Waals surface area (Å²) in [6.45, 7) is 2.77. The van der Waals surface area contributed by atoms with E-state index in [4.69, 9.17) is 37.4 Å². The van der Waals surface area contributed by atoms with Gasteiger partial charge in [-0.15, -0.1) is 0 Å². The van der Waals surface area contributed by atoms with E-state index in [2.05, 4.69) is 5.43 Å². The second-order valence-corrected chi connectivity index (χ2v) is 6.77. The number of hydrazine groups is 1. The van der Waals surface area contributed by atoms with E-state index in [1.165, 1.54) is 7.11 Å². The Morgan fingerprint density at radius 1 is 1.15 bits per heavy atom. The van der Waals surface area contributed by atoms with Crippen LogP contribution in [0.1, 0.15) is 15.9 Å². The molecule has 6 nitrogen and oxygen atoms in total. The maximum Gasteiger partial charge on any atom is 0.265 e. The maximum absolute atomic E-state index is 12.4. The molecule has 1 heterocycles. The topological polar surface area (TPSA) is 60.0 Å². The van der Waals surface area contributed by atoms with Crippen LogP contribution < -0.4 is 14.9 Å². The Bertz CT molecular complexity index is 810. The highest BCUT2D eigenvalue weighted by atomic mass is 35.5. The summed E-state index contributed by atoms with van der Waals surface area (Å²) in [5, 5.41) is 2.94. The molecule has 0 aromatic heterocycles. The molecule has 0 saturated carbocycles. The number of nitrogens with zero attached hydrogens (tertiary/aromatic N) is 1. The lowest BCUT2D eigenvalue weighted by Crippen LogP contribution is -2.48. The van der Waals surface area contributed by atoms with E-state index in [9.17, 15) is 4.79 Å². The lowest BCUT2D eigenvalue weighted by atomic mass is 10.2. The van der Waals surface area contributed by atoms with Crippen molar-refractivity contribution < 1.29 is 19.0 Å². The van der Waals surface area contributed by atoms with Crippen molar-refractivity contribution in [1.82, 2.24) is 10.4 Å². The highest BCUT2D eigenvalue weighted by molar-refractivity contribution is 6.35. The summed E-state index contributed by atoms with van der Waals surface area (Å²) < 4.78 is 16.5. The molecule has 0 aliphatic carbocycles. The average Bonchev–Trinajstić information content (AvgIpc) is 2.68. The normalized spacial score (nSPS) is 14.6. The molecule has 3 rings (SSSR count). The van der Waals surface area contributed by atoms with Gasteiger partial charge >= 0.3 is 0 Å². The molecule has 2 aromatic carbocycles. The van der Waals surface area contributed by atoms with E-state index in [0.29, 0.717) is 53.4 Å². The van der Waals surface area contributed by atoms with Gasteiger partial charge in [-0.25, -0.2) is 5.01 Å². The first-order chi connectivity index (χ1) is 13.1. The highest BCUT2D eigenvalue weighted by Crippen LogP contribution is 2.30. The van der Waals surface area contributed by atoms with Gasteiger partial charge in [0.25, 0.3) is 5.91 Å². The van der Waals surface area contributed by atoms with Gasteiger partial charge in [0.2, 0.25) is 0 Å². The summed E-state index contributed by atoms with van der Waals surface area (Å²) in [6, 6.07) is 10.3. The van der Waals surface area contributed by atoms with E-state index in [-0.39, 0.29) is 12.5 Å². The average molecular weight is 411 g/mol. The Labute approximate surface area is 167 Å². The van der Waals surface area contributed by atoms with Crippen LogP contribution >= 0.6 is 23.2 Å². The number of carbonyl (C=O) groups is 1. The number of ether oxygens (including phenoxy) is 3. The van der Waals surface area contributed by atoms with Crippen LogP contribution in [-0.4, -0.2) is 44.3 Å². The second-order valence-electron chi connectivity index (χ2n) is 5.93. The van der Waals surface area contributed by atoms with Crippen molar-refractivity contribution in [2.45, 2.75) is 6.61 Å². The number of rotatable bonds is 6. The molecule has 1 N–H and O–H groups in total. The summed E-state index contributed by atoms with van der Waals surface area (Å²) in [6.07, 6.45) is 0. The van der Waals surface area contributed by atoms with Crippen molar-refractivity contribution in [3.05, 3.63) is 57.6 Å². The molecular weight excluding hydrogens is 391 g/mol. The van der Waals surface area contributed by atoms with Gasteiger partial charge in [-0.05, 0) is 30.3 Å². The fourth-order valence-corrected chi connectivity index (χ4v) is 3.07. The SMILES string of the molecule is COc1cc(C(=O)NN2CCOCC2)ccc1OCc1ccc(Cl)cc1Cl. The van der Waals surface area contributed by atoms with Crippen LogP contribution in [0.15, 0.2) is 36.4 Å². The molecule has 0 bridgehead atoms. The van der Waals surface area contributed by atoms with E-state index < -0.39 is 0 Å². The molecule has 0 radical (unpaired) electrons. The molecule has 1 aliphatic heterocycles. The Hall–Kier alpha value is -1.99. The maximum atomic E-state index is 12.4. The third kappa shape index (κ3) is 5.26. The summed E-state index contributed by atoms with van der Waals surface area (Å²) >= 11 is 12.1. The minimum atomic E-state index is -0.206. The number of methoxy groups -OCH3 is 1. The van der Waals surface area contributed by atoms with Gasteiger partial charge in [0, 0.05) is 34.3 Å². The fraction of sp³-hybridized carbons (Fsp3) is 0.316. The zero-order valence-electron chi connectivity index (χ0n) is 14.8. The van der Waals surface area contributed by atoms with Gasteiger partial charge in [-0.2, -0.15) is 0 Å². The van der Waals surface area contributed by atoms with E-state index in [1.807, 2.05) is 5.01 Å². The van der Waals surface area contributed by atoms with Crippen LogP contribution in [0.3, 0.4) is 0 Å². The zero-order valence-corrected chi connectivity index (χ0v) is 16.3. The number of amides is 1. The third-order valence-electron chi connectivity index (χ3n) is 4.09. The molecule has 0 atom stereocenters. The first-order valence-electron chi connectivity index (χ1n) is 8.45. The minimum Gasteiger partial charge on any atom is -0.493 e. The van der Waals surface area contributed by atoms with Crippen molar-refractivity contribution in [2.75, 3.05) is 33.4 Å². The molecule has 0 unspecified atom stereocenters. The summed E-state index contributed by atoms with van der Waals surface area (Å²) in [7, 11) is 1.53. The number of hydrogen-bond donors (Lipinski definition) is 1. The Kier molecular flexibility index (Phi) is 6.79. The minimum absolute atomic E-state index is 0.206. The molecule has 0 spiro atoms. The Balaban J connectivity index is 1.67. The van der Waals surface area contributed by atoms with Crippen LogP contribution in [0, 0.1) is 0 Å². The van der Waals surface area contributed by atoms with Crippen LogP contribution in [0.4, 0.5) is 0 Å². The molecule has 1 amide bonds. The molecule has 1 aliphatic rings. The van der Waals surface area contributed by atoms with Crippen LogP contribution in [0.25, 0.3) is 0 Å². The van der Waals surface area contributed by atoms with Crippen molar-refractivity contribution in [3.8, 4) is 11.5 Å². The number of nitrogens with one attached hydrogen (secondary N) is 1. The van der Waals surface area contributed by atoms with Crippen molar-refractivity contribution in [3.63, 3.8) is 0 Å². The monoisotopic (exact) mass is 410 g/mol. The van der Waals surface area contributed by atoms with Gasteiger partial charge in [0.15, 0.2) is 11.5 Å². The second kappa shape index (κ2) is 9.28. The quantitative estimate of drug-likeness (QED) is 0.788. The number of morpholine rings is 1. The van der Waals surface area contributed by atoms with Gasteiger partial charge in [0.1, 0.15) is 6.61 Å². The van der Waals surface area contributed by atoms with Gasteiger partial charge < -0.3 is 14.2 Å². The van der Waals surface area contributed by atoms with E-state index >= 15 is 0 Å². The van der Waals surface area contributed by atoms with Gasteiger partial charge in [-0.3, -0.25) is 10.2 Å². The first kappa shape index (κ1) is 19.8. The third-order valence-corrected chi connectivity index (χ3v) is 4.68. The van der Waals surface area contributed by atoms with Crippen molar-refractivity contribution in [2.24, 2.45) is 0 Å². The lowest BCUT2D eigenvalue weighted by molar-refractivity contribution is 0.0126. The molecule has 8 heteroatoms. The van der Waals surface area contributed by atoms with E-state index in [0.717, 1.165) is 5.56 Å². The molecule has 2 aromatic rings. The number of carbonyl (C=O) groups excluding carboxylic acids is 1. The van der Waals surface area contributed by atoms with Crippen LogP contribution in [0.2, 0.25) is 10.0 Å². The van der Waals surface area contributed by atoms with Crippen LogP contribution in [0.5, 0.6) is 11.5 Å². The van der Waals surface area contributed by atoms with Crippen molar-refractivity contribution in [1.29, 1.82) is 0 Å². The van der Waals surface area contributed by atoms with Gasteiger partial charge in [0.05, 0.1) is 20.3 Å². The fourth-order valence-electron chi connectivity index (χ4n) is 2.61. The number of halogens is 2. The molecule has 1 fully saturated rings. The van der Waals surface area contributed by atoms with E-state index in [1.54, 1.807) is 36.4 Å². The predicted octanol–water partition coefficient (Wildman–Crippen LogP) is 3.56.